The van der Waals surface area contributed by atoms with Crippen molar-refractivity contribution < 1.29 is 0 Å². The summed E-state index contributed by atoms with van der Waals surface area (Å²) < 4.78 is 2.07. The van der Waals surface area contributed by atoms with Crippen LogP contribution in [0.25, 0.3) is 16.9 Å². The zero-order valence-electron chi connectivity index (χ0n) is 8.96. The van der Waals surface area contributed by atoms with Crippen LogP contribution >= 0.6 is 0 Å². The molecule has 3 rings (SSSR count). The lowest BCUT2D eigenvalue weighted by Gasteiger charge is -1.97. The van der Waals surface area contributed by atoms with E-state index in [1.165, 1.54) is 0 Å². The molecule has 78 valence electrons. The number of nitrogens with zero attached hydrogens (tertiary/aromatic N) is 3. The predicted octanol–water partition coefficient (Wildman–Crippen LogP) is 2.70. The smallest absolute Gasteiger partial charge is 0.115 e. The third-order valence-corrected chi connectivity index (χ3v) is 2.63. The molecule has 0 radical (unpaired) electrons. The van der Waals surface area contributed by atoms with E-state index in [0.29, 0.717) is 0 Å². The van der Waals surface area contributed by atoms with E-state index in [4.69, 9.17) is 0 Å². The summed E-state index contributed by atoms with van der Waals surface area (Å²) in [5.41, 5.74) is 2.96. The number of hydrogen-bond acceptors (Lipinski definition) is 2. The normalized spacial score (nSPS) is 10.8. The molecule has 0 atom stereocenters. The minimum absolute atomic E-state index is 0.916. The minimum Gasteiger partial charge on any atom is -0.303 e. The number of fused-ring (bicyclic) bond motifs is 1. The summed E-state index contributed by atoms with van der Waals surface area (Å²) in [5, 5.41) is 0. The van der Waals surface area contributed by atoms with Gasteiger partial charge in [0, 0.05) is 12.4 Å². The van der Waals surface area contributed by atoms with Crippen LogP contribution < -0.4 is 0 Å². The zero-order valence-corrected chi connectivity index (χ0v) is 8.96. The molecule has 0 N–H and O–H groups in total. The van der Waals surface area contributed by atoms with Crippen molar-refractivity contribution in [3.8, 4) is 11.4 Å². The average Bonchev–Trinajstić information content (AvgIpc) is 2.69. The molecule has 0 aliphatic carbocycles. The highest BCUT2D eigenvalue weighted by molar-refractivity contribution is 5.75. The molecule has 16 heavy (non-hydrogen) atoms. The third-order valence-electron chi connectivity index (χ3n) is 2.63. The molecule has 0 saturated carbocycles. The van der Waals surface area contributed by atoms with Gasteiger partial charge < -0.3 is 4.40 Å². The van der Waals surface area contributed by atoms with Crippen molar-refractivity contribution in [1.82, 2.24) is 14.4 Å². The fourth-order valence-corrected chi connectivity index (χ4v) is 1.88. The summed E-state index contributed by atoms with van der Waals surface area (Å²) in [6.07, 6.45) is 3.81. The van der Waals surface area contributed by atoms with Crippen molar-refractivity contribution in [1.29, 1.82) is 0 Å². The maximum Gasteiger partial charge on any atom is 0.115 e. The Labute approximate surface area is 93.4 Å². The molecule has 0 bridgehead atoms. The predicted molar refractivity (Wildman–Crippen MR) is 63.2 cm³/mol. The van der Waals surface area contributed by atoms with Gasteiger partial charge in [-0.25, -0.2) is 4.98 Å². The van der Waals surface area contributed by atoms with Crippen molar-refractivity contribution in [3.05, 3.63) is 54.6 Å². The first kappa shape index (κ1) is 9.09. The Morgan fingerprint density at radius 3 is 2.75 bits per heavy atom. The highest BCUT2D eigenvalue weighted by Crippen LogP contribution is 2.22. The molecule has 0 aromatic carbocycles. The summed E-state index contributed by atoms with van der Waals surface area (Å²) in [6.45, 7) is 2.00. The summed E-state index contributed by atoms with van der Waals surface area (Å²) in [4.78, 5) is 8.90. The van der Waals surface area contributed by atoms with Crippen LogP contribution in [0.4, 0.5) is 0 Å². The van der Waals surface area contributed by atoms with Crippen LogP contribution in [0.2, 0.25) is 0 Å². The SMILES string of the molecule is Cc1nc(-c2ccccn2)c2ccccn12. The van der Waals surface area contributed by atoms with Crippen LogP contribution in [-0.4, -0.2) is 14.4 Å². The van der Waals surface area contributed by atoms with Crippen molar-refractivity contribution in [2.75, 3.05) is 0 Å². The van der Waals surface area contributed by atoms with E-state index in [9.17, 15) is 0 Å². The number of aryl methyl sites for hydroxylation is 1. The topological polar surface area (TPSA) is 30.2 Å². The molecule has 0 amide bonds. The van der Waals surface area contributed by atoms with Crippen molar-refractivity contribution >= 4 is 5.52 Å². The number of aromatic nitrogens is 3. The maximum atomic E-state index is 4.56. The molecular formula is C13H11N3. The van der Waals surface area contributed by atoms with Crippen LogP contribution in [0, 0.1) is 6.92 Å². The molecule has 0 saturated heterocycles. The first-order chi connectivity index (χ1) is 7.86. The molecule has 3 heteroatoms. The summed E-state index contributed by atoms with van der Waals surface area (Å²) in [7, 11) is 0. The number of pyridine rings is 2. The molecule has 0 aliphatic heterocycles. The number of imidazole rings is 1. The largest absolute Gasteiger partial charge is 0.303 e. The standard InChI is InChI=1S/C13H11N3/c1-10-15-13(11-6-2-4-8-14-11)12-7-3-5-9-16(10)12/h2-9H,1H3. The highest BCUT2D eigenvalue weighted by Gasteiger charge is 2.09. The van der Waals surface area contributed by atoms with Gasteiger partial charge in [0.25, 0.3) is 0 Å². The second-order valence-electron chi connectivity index (χ2n) is 3.68. The molecule has 0 fully saturated rings. The Kier molecular flexibility index (Phi) is 1.96. The fraction of sp³-hybridized carbons (Fsp3) is 0.0769. The Morgan fingerprint density at radius 1 is 1.06 bits per heavy atom. The lowest BCUT2D eigenvalue weighted by atomic mass is 10.2. The molecule has 0 unspecified atom stereocenters. The van der Waals surface area contributed by atoms with Gasteiger partial charge in [0.1, 0.15) is 11.5 Å². The molecule has 3 aromatic rings. The Balaban J connectivity index is 2.33. The van der Waals surface area contributed by atoms with Crippen molar-refractivity contribution in [3.63, 3.8) is 0 Å². The first-order valence-corrected chi connectivity index (χ1v) is 5.21. The van der Waals surface area contributed by atoms with Gasteiger partial charge in [0.05, 0.1) is 11.2 Å². The van der Waals surface area contributed by atoms with Gasteiger partial charge in [-0.15, -0.1) is 0 Å². The molecule has 3 heterocycles. The van der Waals surface area contributed by atoms with Gasteiger partial charge in [0.2, 0.25) is 0 Å². The maximum absolute atomic E-state index is 4.56. The van der Waals surface area contributed by atoms with Gasteiger partial charge in [-0.1, -0.05) is 12.1 Å². The van der Waals surface area contributed by atoms with Gasteiger partial charge in [-0.05, 0) is 31.2 Å². The number of rotatable bonds is 1. The van der Waals surface area contributed by atoms with Gasteiger partial charge >= 0.3 is 0 Å². The molecule has 0 spiro atoms. The van der Waals surface area contributed by atoms with Crippen LogP contribution in [0.5, 0.6) is 0 Å². The lowest BCUT2D eigenvalue weighted by molar-refractivity contribution is 1.04. The van der Waals surface area contributed by atoms with E-state index >= 15 is 0 Å². The second kappa shape index (κ2) is 3.45. The average molecular weight is 209 g/mol. The number of hydrogen-bond donors (Lipinski definition) is 0. The van der Waals surface area contributed by atoms with E-state index in [1.54, 1.807) is 6.20 Å². The van der Waals surface area contributed by atoms with Crippen LogP contribution in [0.1, 0.15) is 5.82 Å². The molecule has 3 aromatic heterocycles. The van der Waals surface area contributed by atoms with E-state index < -0.39 is 0 Å². The molecule has 0 aliphatic rings. The summed E-state index contributed by atoms with van der Waals surface area (Å²) in [5.74, 6) is 0.983. The van der Waals surface area contributed by atoms with E-state index in [1.807, 2.05) is 43.5 Å². The van der Waals surface area contributed by atoms with Crippen LogP contribution in [0.15, 0.2) is 48.8 Å². The fourth-order valence-electron chi connectivity index (χ4n) is 1.88. The van der Waals surface area contributed by atoms with Crippen LogP contribution in [0.3, 0.4) is 0 Å². The minimum atomic E-state index is 0.916. The Bertz CT molecular complexity index is 626. The van der Waals surface area contributed by atoms with Gasteiger partial charge in [0.15, 0.2) is 0 Å². The van der Waals surface area contributed by atoms with Gasteiger partial charge in [-0.2, -0.15) is 0 Å². The summed E-state index contributed by atoms with van der Waals surface area (Å²) in [6, 6.07) is 12.0. The van der Waals surface area contributed by atoms with E-state index in [2.05, 4.69) is 20.4 Å². The van der Waals surface area contributed by atoms with Crippen molar-refractivity contribution in [2.45, 2.75) is 6.92 Å². The Hall–Kier alpha value is -2.16. The van der Waals surface area contributed by atoms with Gasteiger partial charge in [-0.3, -0.25) is 4.98 Å². The summed E-state index contributed by atoms with van der Waals surface area (Å²) >= 11 is 0. The Morgan fingerprint density at radius 2 is 1.94 bits per heavy atom. The van der Waals surface area contributed by atoms with Crippen molar-refractivity contribution in [2.24, 2.45) is 0 Å². The lowest BCUT2D eigenvalue weighted by Crippen LogP contribution is -1.85. The molecule has 3 nitrogen and oxygen atoms in total. The van der Waals surface area contributed by atoms with Crippen LogP contribution in [-0.2, 0) is 0 Å². The third kappa shape index (κ3) is 1.29. The monoisotopic (exact) mass is 209 g/mol. The van der Waals surface area contributed by atoms with E-state index in [-0.39, 0.29) is 0 Å². The highest BCUT2D eigenvalue weighted by atomic mass is 15.0. The zero-order chi connectivity index (χ0) is 11.0. The molecular weight excluding hydrogens is 198 g/mol. The first-order valence-electron chi connectivity index (χ1n) is 5.21. The quantitative estimate of drug-likeness (QED) is 0.616. The second-order valence-corrected chi connectivity index (χ2v) is 3.68. The van der Waals surface area contributed by atoms with E-state index in [0.717, 1.165) is 22.7 Å².